The zero-order chi connectivity index (χ0) is 14.7. The standard InChI is InChI=1S/C16H20FN3O/c1-21-12-13-5-8-19(10-13)11-14-9-15(17)3-4-16(14)20-7-2-6-18-20/h2-4,6-7,9,13H,5,8,10-12H2,1H3/t13-/m0/s1. The minimum absolute atomic E-state index is 0.200. The van der Waals surface area contributed by atoms with Gasteiger partial charge in [0.05, 0.1) is 12.3 Å². The molecule has 112 valence electrons. The Morgan fingerprint density at radius 3 is 3.10 bits per heavy atom. The smallest absolute Gasteiger partial charge is 0.123 e. The Balaban J connectivity index is 1.77. The average Bonchev–Trinajstić information content (AvgIpc) is 3.11. The highest BCUT2D eigenvalue weighted by molar-refractivity contribution is 5.40. The van der Waals surface area contributed by atoms with Crippen molar-refractivity contribution in [3.05, 3.63) is 48.0 Å². The molecule has 3 rings (SSSR count). The maximum Gasteiger partial charge on any atom is 0.123 e. The molecule has 1 aromatic heterocycles. The number of hydrogen-bond donors (Lipinski definition) is 0. The van der Waals surface area contributed by atoms with Crippen LogP contribution in [0.2, 0.25) is 0 Å². The van der Waals surface area contributed by atoms with Crippen molar-refractivity contribution in [1.29, 1.82) is 0 Å². The number of hydrogen-bond acceptors (Lipinski definition) is 3. The molecule has 2 aromatic rings. The molecular weight excluding hydrogens is 269 g/mol. The van der Waals surface area contributed by atoms with E-state index in [2.05, 4.69) is 10.00 Å². The number of benzene rings is 1. The van der Waals surface area contributed by atoms with E-state index in [4.69, 9.17) is 4.74 Å². The van der Waals surface area contributed by atoms with E-state index in [0.717, 1.165) is 43.9 Å². The topological polar surface area (TPSA) is 30.3 Å². The Hall–Kier alpha value is -1.72. The molecule has 0 radical (unpaired) electrons. The lowest BCUT2D eigenvalue weighted by Gasteiger charge is -2.18. The molecule has 1 aliphatic heterocycles. The van der Waals surface area contributed by atoms with Crippen LogP contribution in [0, 0.1) is 11.7 Å². The normalized spacial score (nSPS) is 19.2. The third-order valence-corrected chi connectivity index (χ3v) is 3.96. The number of likely N-dealkylation sites (tertiary alicyclic amines) is 1. The largest absolute Gasteiger partial charge is 0.384 e. The van der Waals surface area contributed by atoms with Gasteiger partial charge in [0.25, 0.3) is 0 Å². The molecule has 1 fully saturated rings. The van der Waals surface area contributed by atoms with E-state index in [1.807, 2.05) is 12.3 Å². The fourth-order valence-electron chi connectivity index (χ4n) is 2.98. The molecule has 0 bridgehead atoms. The van der Waals surface area contributed by atoms with Crippen molar-refractivity contribution in [2.24, 2.45) is 5.92 Å². The highest BCUT2D eigenvalue weighted by atomic mass is 19.1. The van der Waals surface area contributed by atoms with Crippen molar-refractivity contribution < 1.29 is 9.13 Å². The summed E-state index contributed by atoms with van der Waals surface area (Å²) in [5, 5.41) is 4.25. The monoisotopic (exact) mass is 289 g/mol. The lowest BCUT2D eigenvalue weighted by Crippen LogP contribution is -2.22. The molecule has 0 spiro atoms. The molecule has 0 aliphatic carbocycles. The molecule has 5 heteroatoms. The van der Waals surface area contributed by atoms with Gasteiger partial charge in [0.2, 0.25) is 0 Å². The van der Waals surface area contributed by atoms with Crippen LogP contribution in [0.25, 0.3) is 5.69 Å². The van der Waals surface area contributed by atoms with Gasteiger partial charge in [-0.05, 0) is 48.7 Å². The highest BCUT2D eigenvalue weighted by Gasteiger charge is 2.23. The first-order chi connectivity index (χ1) is 10.3. The minimum Gasteiger partial charge on any atom is -0.384 e. The van der Waals surface area contributed by atoms with Crippen molar-refractivity contribution >= 4 is 0 Å². The molecule has 1 aliphatic rings. The Kier molecular flexibility index (Phi) is 4.31. The number of nitrogens with zero attached hydrogens (tertiary/aromatic N) is 3. The summed E-state index contributed by atoms with van der Waals surface area (Å²) >= 11 is 0. The molecule has 1 aromatic carbocycles. The Labute approximate surface area is 124 Å². The molecule has 1 saturated heterocycles. The van der Waals surface area contributed by atoms with Gasteiger partial charge in [0.1, 0.15) is 5.82 Å². The predicted octanol–water partition coefficient (Wildman–Crippen LogP) is 2.48. The molecule has 0 N–H and O–H groups in total. The third-order valence-electron chi connectivity index (χ3n) is 3.96. The first kappa shape index (κ1) is 14.2. The summed E-state index contributed by atoms with van der Waals surface area (Å²) in [7, 11) is 1.74. The number of methoxy groups -OCH3 is 1. The summed E-state index contributed by atoms with van der Waals surface area (Å²) in [6.07, 6.45) is 4.76. The molecule has 21 heavy (non-hydrogen) atoms. The summed E-state index contributed by atoms with van der Waals surface area (Å²) < 4.78 is 20.6. The quantitative estimate of drug-likeness (QED) is 0.847. The number of ether oxygens (including phenoxy) is 1. The molecule has 1 atom stereocenters. The van der Waals surface area contributed by atoms with Crippen molar-refractivity contribution in [2.75, 3.05) is 26.8 Å². The third kappa shape index (κ3) is 3.31. The zero-order valence-electron chi connectivity index (χ0n) is 12.2. The summed E-state index contributed by atoms with van der Waals surface area (Å²) in [4.78, 5) is 2.35. The van der Waals surface area contributed by atoms with E-state index in [0.29, 0.717) is 5.92 Å². The lowest BCUT2D eigenvalue weighted by atomic mass is 10.1. The van der Waals surface area contributed by atoms with Crippen LogP contribution in [0.5, 0.6) is 0 Å². The van der Waals surface area contributed by atoms with Crippen LogP contribution in [0.3, 0.4) is 0 Å². The summed E-state index contributed by atoms with van der Waals surface area (Å²) in [6, 6.07) is 6.76. The van der Waals surface area contributed by atoms with E-state index in [-0.39, 0.29) is 5.82 Å². The number of rotatable bonds is 5. The van der Waals surface area contributed by atoms with Crippen molar-refractivity contribution in [2.45, 2.75) is 13.0 Å². The average molecular weight is 289 g/mol. The van der Waals surface area contributed by atoms with E-state index in [9.17, 15) is 4.39 Å². The van der Waals surface area contributed by atoms with Crippen LogP contribution in [0.1, 0.15) is 12.0 Å². The van der Waals surface area contributed by atoms with Gasteiger partial charge in [-0.3, -0.25) is 4.90 Å². The van der Waals surface area contributed by atoms with Gasteiger partial charge in [-0.2, -0.15) is 5.10 Å². The molecular formula is C16H20FN3O. The number of halogens is 1. The number of aromatic nitrogens is 2. The van der Waals surface area contributed by atoms with Crippen LogP contribution in [0.15, 0.2) is 36.7 Å². The molecule has 4 nitrogen and oxygen atoms in total. The maximum absolute atomic E-state index is 13.6. The second-order valence-electron chi connectivity index (χ2n) is 5.57. The van der Waals surface area contributed by atoms with Gasteiger partial charge >= 0.3 is 0 Å². The van der Waals surface area contributed by atoms with Gasteiger partial charge < -0.3 is 4.74 Å². The van der Waals surface area contributed by atoms with Gasteiger partial charge in [-0.25, -0.2) is 9.07 Å². The van der Waals surface area contributed by atoms with Crippen LogP contribution >= 0.6 is 0 Å². The van der Waals surface area contributed by atoms with Crippen LogP contribution in [0.4, 0.5) is 4.39 Å². The minimum atomic E-state index is -0.200. The second kappa shape index (κ2) is 6.37. The first-order valence-corrected chi connectivity index (χ1v) is 7.26. The van der Waals surface area contributed by atoms with Gasteiger partial charge in [-0.1, -0.05) is 0 Å². The van der Waals surface area contributed by atoms with E-state index >= 15 is 0 Å². The van der Waals surface area contributed by atoms with Gasteiger partial charge in [-0.15, -0.1) is 0 Å². The van der Waals surface area contributed by atoms with Crippen LogP contribution in [-0.2, 0) is 11.3 Å². The predicted molar refractivity (Wildman–Crippen MR) is 78.8 cm³/mol. The van der Waals surface area contributed by atoms with Gasteiger partial charge in [0.15, 0.2) is 0 Å². The SMILES string of the molecule is COC[C@H]1CCN(Cc2cc(F)ccc2-n2cccn2)C1. The van der Waals surface area contributed by atoms with Gasteiger partial charge in [0, 0.05) is 32.6 Å². The van der Waals surface area contributed by atoms with Crippen molar-refractivity contribution in [1.82, 2.24) is 14.7 Å². The van der Waals surface area contributed by atoms with E-state index in [1.165, 1.54) is 6.07 Å². The lowest BCUT2D eigenvalue weighted by molar-refractivity contribution is 0.152. The fourth-order valence-corrected chi connectivity index (χ4v) is 2.98. The molecule has 0 amide bonds. The van der Waals surface area contributed by atoms with Crippen molar-refractivity contribution in [3.63, 3.8) is 0 Å². The fraction of sp³-hybridized carbons (Fsp3) is 0.438. The maximum atomic E-state index is 13.6. The second-order valence-corrected chi connectivity index (χ2v) is 5.57. The molecule has 2 heterocycles. The molecule has 0 saturated carbocycles. The Morgan fingerprint density at radius 2 is 2.33 bits per heavy atom. The Bertz CT molecular complexity index is 585. The zero-order valence-corrected chi connectivity index (χ0v) is 12.2. The summed E-state index contributed by atoms with van der Waals surface area (Å²) in [5.74, 6) is 0.380. The highest BCUT2D eigenvalue weighted by Crippen LogP contribution is 2.22. The van der Waals surface area contributed by atoms with Crippen LogP contribution < -0.4 is 0 Å². The van der Waals surface area contributed by atoms with E-state index < -0.39 is 0 Å². The van der Waals surface area contributed by atoms with E-state index in [1.54, 1.807) is 30.1 Å². The van der Waals surface area contributed by atoms with Crippen molar-refractivity contribution in [3.8, 4) is 5.69 Å². The molecule has 0 unspecified atom stereocenters. The van der Waals surface area contributed by atoms with Crippen LogP contribution in [-0.4, -0.2) is 41.5 Å². The first-order valence-electron chi connectivity index (χ1n) is 7.26. The summed E-state index contributed by atoms with van der Waals surface area (Å²) in [6.45, 7) is 3.57. The summed E-state index contributed by atoms with van der Waals surface area (Å²) in [5.41, 5.74) is 1.91. The Morgan fingerprint density at radius 1 is 1.43 bits per heavy atom.